The third kappa shape index (κ3) is 5.33. The van der Waals surface area contributed by atoms with Crippen molar-refractivity contribution >= 4 is 17.4 Å². The molecule has 2 aromatic carbocycles. The molecule has 1 saturated heterocycles. The highest BCUT2D eigenvalue weighted by molar-refractivity contribution is 5.91. The van der Waals surface area contributed by atoms with Gasteiger partial charge in [0.05, 0.1) is 0 Å². The van der Waals surface area contributed by atoms with Crippen molar-refractivity contribution < 1.29 is 4.79 Å². The number of carbonyl (C=O) groups excluding carboxylic acids is 1. The molecule has 0 bridgehead atoms. The molecule has 5 nitrogen and oxygen atoms in total. The predicted octanol–water partition coefficient (Wildman–Crippen LogP) is 6.77. The molecular weight excluding hydrogens is 456 g/mol. The Bertz CT molecular complexity index is 1110. The number of benzene rings is 2. The summed E-state index contributed by atoms with van der Waals surface area (Å²) in [6, 6.07) is 19.8. The number of allylic oxidation sites excluding steroid dienone is 3. The highest BCUT2D eigenvalue weighted by atomic mass is 16.2. The van der Waals surface area contributed by atoms with E-state index in [9.17, 15) is 4.79 Å². The van der Waals surface area contributed by atoms with Crippen molar-refractivity contribution in [3.63, 3.8) is 0 Å². The van der Waals surface area contributed by atoms with Crippen LogP contribution in [0.15, 0.2) is 78.9 Å². The van der Waals surface area contributed by atoms with Crippen molar-refractivity contribution in [1.29, 1.82) is 0 Å². The number of carbonyl (C=O) groups is 1. The number of urea groups is 1. The fourth-order valence-electron chi connectivity index (χ4n) is 6.73. The molecule has 0 aromatic heterocycles. The third-order valence-corrected chi connectivity index (χ3v) is 8.68. The van der Waals surface area contributed by atoms with Gasteiger partial charge in [0, 0.05) is 54.4 Å². The summed E-state index contributed by atoms with van der Waals surface area (Å²) in [6.07, 6.45) is 14.8. The zero-order valence-electron chi connectivity index (χ0n) is 22.5. The van der Waals surface area contributed by atoms with Gasteiger partial charge in [-0.25, -0.2) is 4.79 Å². The topological polar surface area (TPSA) is 47.6 Å². The second-order valence-corrected chi connectivity index (χ2v) is 10.9. The van der Waals surface area contributed by atoms with Crippen molar-refractivity contribution in [1.82, 2.24) is 10.2 Å². The van der Waals surface area contributed by atoms with Gasteiger partial charge in [0.2, 0.25) is 0 Å². The number of unbranched alkanes of at least 4 members (excludes halogenated alkanes) is 1. The van der Waals surface area contributed by atoms with Gasteiger partial charge in [0.15, 0.2) is 0 Å². The lowest BCUT2D eigenvalue weighted by Crippen LogP contribution is -2.54. The molecule has 2 aromatic rings. The fourth-order valence-corrected chi connectivity index (χ4v) is 6.73. The maximum absolute atomic E-state index is 13.3. The molecule has 5 rings (SSSR count). The molecule has 6 atom stereocenters. The number of nitrogens with one attached hydrogen (secondary N) is 2. The van der Waals surface area contributed by atoms with Crippen molar-refractivity contribution in [3.8, 4) is 0 Å². The molecule has 37 heavy (non-hydrogen) atoms. The van der Waals surface area contributed by atoms with E-state index in [4.69, 9.17) is 0 Å². The highest BCUT2D eigenvalue weighted by Gasteiger charge is 2.48. The Labute approximate surface area is 222 Å². The summed E-state index contributed by atoms with van der Waals surface area (Å²) in [5.41, 5.74) is 3.60. The minimum Gasteiger partial charge on any atom is -0.381 e. The minimum atomic E-state index is -0.0429. The Balaban J connectivity index is 1.40. The SMILES string of the molecule is CCCC[C@@H]([C@@H](C)NC(=O)N(C)c1ccccc1)N1CC[C@@H]2[C@H](C3C=CC=CC3)Nc3ccccc3[C@@H]21. The maximum Gasteiger partial charge on any atom is 0.321 e. The molecule has 1 fully saturated rings. The molecule has 2 heterocycles. The summed E-state index contributed by atoms with van der Waals surface area (Å²) in [5, 5.41) is 7.31. The van der Waals surface area contributed by atoms with Crippen LogP contribution in [0.2, 0.25) is 0 Å². The maximum atomic E-state index is 13.3. The number of hydrogen-bond donors (Lipinski definition) is 2. The number of hydrogen-bond acceptors (Lipinski definition) is 3. The average Bonchev–Trinajstić information content (AvgIpc) is 3.38. The Hall–Kier alpha value is -3.05. The van der Waals surface area contributed by atoms with Gasteiger partial charge >= 0.3 is 6.03 Å². The smallest absolute Gasteiger partial charge is 0.321 e. The van der Waals surface area contributed by atoms with Gasteiger partial charge in [-0.1, -0.05) is 80.5 Å². The normalized spacial score (nSPS) is 26.0. The van der Waals surface area contributed by atoms with Crippen LogP contribution in [0.3, 0.4) is 0 Å². The average molecular weight is 499 g/mol. The fraction of sp³-hybridized carbons (Fsp3) is 0.469. The highest BCUT2D eigenvalue weighted by Crippen LogP contribution is 2.50. The van der Waals surface area contributed by atoms with Crippen LogP contribution in [-0.4, -0.2) is 42.6 Å². The van der Waals surface area contributed by atoms with Crippen molar-refractivity contribution in [2.45, 2.75) is 70.1 Å². The number of rotatable bonds is 8. The monoisotopic (exact) mass is 498 g/mol. The van der Waals surface area contributed by atoms with E-state index in [2.05, 4.69) is 78.0 Å². The summed E-state index contributed by atoms with van der Waals surface area (Å²) < 4.78 is 0. The van der Waals surface area contributed by atoms with E-state index in [1.165, 1.54) is 17.7 Å². The first-order valence-corrected chi connectivity index (χ1v) is 14.1. The van der Waals surface area contributed by atoms with E-state index in [-0.39, 0.29) is 18.1 Å². The molecule has 0 radical (unpaired) electrons. The van der Waals surface area contributed by atoms with E-state index >= 15 is 0 Å². The van der Waals surface area contributed by atoms with Gasteiger partial charge in [-0.05, 0) is 56.5 Å². The minimum absolute atomic E-state index is 0.0429. The molecule has 2 aliphatic heterocycles. The Morgan fingerprint density at radius 2 is 1.92 bits per heavy atom. The summed E-state index contributed by atoms with van der Waals surface area (Å²) >= 11 is 0. The number of fused-ring (bicyclic) bond motifs is 3. The van der Waals surface area contributed by atoms with E-state index in [1.54, 1.807) is 4.90 Å². The van der Waals surface area contributed by atoms with Crippen LogP contribution in [0.4, 0.5) is 16.2 Å². The Morgan fingerprint density at radius 3 is 2.68 bits per heavy atom. The molecule has 2 N–H and O–H groups in total. The van der Waals surface area contributed by atoms with Crippen molar-refractivity contribution in [2.75, 3.05) is 23.8 Å². The van der Waals surface area contributed by atoms with Crippen LogP contribution < -0.4 is 15.5 Å². The third-order valence-electron chi connectivity index (χ3n) is 8.68. The first kappa shape index (κ1) is 25.6. The van der Waals surface area contributed by atoms with Crippen LogP contribution in [0.1, 0.15) is 57.6 Å². The molecular formula is C32H42N4O. The first-order valence-electron chi connectivity index (χ1n) is 14.1. The largest absolute Gasteiger partial charge is 0.381 e. The van der Waals surface area contributed by atoms with Crippen molar-refractivity contribution in [2.24, 2.45) is 11.8 Å². The van der Waals surface area contributed by atoms with Crippen LogP contribution in [0.25, 0.3) is 0 Å². The van der Waals surface area contributed by atoms with Gasteiger partial charge in [-0.15, -0.1) is 0 Å². The van der Waals surface area contributed by atoms with Gasteiger partial charge in [-0.3, -0.25) is 9.80 Å². The molecule has 2 amide bonds. The predicted molar refractivity (Wildman–Crippen MR) is 154 cm³/mol. The van der Waals surface area contributed by atoms with Crippen LogP contribution >= 0.6 is 0 Å². The molecule has 1 aliphatic carbocycles. The van der Waals surface area contributed by atoms with Crippen LogP contribution in [0, 0.1) is 11.8 Å². The zero-order valence-corrected chi connectivity index (χ0v) is 22.5. The van der Waals surface area contributed by atoms with Gasteiger partial charge in [0.1, 0.15) is 0 Å². The first-order chi connectivity index (χ1) is 18.1. The second-order valence-electron chi connectivity index (χ2n) is 10.9. The van der Waals surface area contributed by atoms with E-state index in [0.717, 1.165) is 37.9 Å². The summed E-state index contributed by atoms with van der Waals surface area (Å²) in [5.74, 6) is 1.06. The quantitative estimate of drug-likeness (QED) is 0.422. The van der Waals surface area contributed by atoms with E-state index in [1.807, 2.05) is 37.4 Å². The lowest BCUT2D eigenvalue weighted by molar-refractivity contribution is 0.115. The van der Waals surface area contributed by atoms with Crippen LogP contribution in [0.5, 0.6) is 0 Å². The van der Waals surface area contributed by atoms with Crippen molar-refractivity contribution in [3.05, 3.63) is 84.5 Å². The standard InChI is InChI=1S/C32H42N4O/c1-4-5-20-29(23(2)33-32(37)35(3)25-16-10-7-11-17-25)36-22-21-27-30(24-14-8-6-9-15-24)34-28-19-13-12-18-26(28)31(27)36/h6-14,16-19,23-24,27,29-31,34H,4-5,15,20-22H2,1-3H3,(H,33,37)/t23-,24?,27-,29+,30+,31+/m1/s1. The van der Waals surface area contributed by atoms with E-state index < -0.39 is 0 Å². The number of nitrogens with zero attached hydrogens (tertiary/aromatic N) is 2. The Kier molecular flexibility index (Phi) is 7.99. The number of likely N-dealkylation sites (tertiary alicyclic amines) is 1. The second kappa shape index (κ2) is 11.6. The summed E-state index contributed by atoms with van der Waals surface area (Å²) in [7, 11) is 1.85. The zero-order chi connectivity index (χ0) is 25.8. The van der Waals surface area contributed by atoms with Gasteiger partial charge in [-0.2, -0.15) is 0 Å². The summed E-state index contributed by atoms with van der Waals surface area (Å²) in [6.45, 7) is 5.52. The Morgan fingerprint density at radius 1 is 1.14 bits per heavy atom. The molecule has 3 aliphatic rings. The van der Waals surface area contributed by atoms with Gasteiger partial charge < -0.3 is 10.6 Å². The van der Waals surface area contributed by atoms with Gasteiger partial charge in [0.25, 0.3) is 0 Å². The molecule has 5 heteroatoms. The molecule has 0 spiro atoms. The van der Waals surface area contributed by atoms with Crippen LogP contribution in [-0.2, 0) is 0 Å². The number of amides is 2. The lowest BCUT2D eigenvalue weighted by Gasteiger charge is -2.45. The number of para-hydroxylation sites is 2. The lowest BCUT2D eigenvalue weighted by atomic mass is 9.75. The molecule has 0 saturated carbocycles. The molecule has 1 unspecified atom stereocenters. The van der Waals surface area contributed by atoms with E-state index in [0.29, 0.717) is 23.9 Å². The summed E-state index contributed by atoms with van der Waals surface area (Å²) in [4.78, 5) is 17.7. The molecule has 196 valence electrons. The number of anilines is 2.